The molecule has 0 aliphatic carbocycles. The van der Waals surface area contributed by atoms with Gasteiger partial charge in [-0.2, -0.15) is 14.4 Å². The molecule has 0 saturated heterocycles. The van der Waals surface area contributed by atoms with Crippen molar-refractivity contribution >= 4 is 81.8 Å². The molecule has 0 aliphatic heterocycles. The molecule has 16 aromatic rings. The van der Waals surface area contributed by atoms with Crippen molar-refractivity contribution in [3.8, 4) is 68.9 Å². The summed E-state index contributed by atoms with van der Waals surface area (Å²) in [6.45, 7) is 12.3. The van der Waals surface area contributed by atoms with Crippen molar-refractivity contribution in [3.63, 3.8) is 0 Å². The molecule has 0 spiro atoms. The van der Waals surface area contributed by atoms with Gasteiger partial charge in [-0.3, -0.25) is 0 Å². The van der Waals surface area contributed by atoms with Crippen molar-refractivity contribution in [2.45, 2.75) is 41.5 Å². The van der Waals surface area contributed by atoms with E-state index in [2.05, 4.69) is 268 Å². The van der Waals surface area contributed by atoms with Gasteiger partial charge in [0.05, 0.1) is 33.4 Å². The molecule has 0 amide bonds. The molecule has 6 heteroatoms. The number of benzene rings is 16. The number of hydrogen-bond acceptors (Lipinski definition) is 0. The van der Waals surface area contributed by atoms with Crippen LogP contribution in [0, 0.1) is 77.1 Å². The summed E-state index contributed by atoms with van der Waals surface area (Å²) in [6, 6.07) is 100.0. The fraction of sp³-hybridized carbons (Fsp3) is 0.0606. The smallest absolute Gasteiger partial charge is 0.331 e. The highest BCUT2D eigenvalue weighted by Gasteiger charge is 2.31. The Labute approximate surface area is 610 Å². The van der Waals surface area contributed by atoms with E-state index in [1.165, 1.54) is 0 Å². The van der Waals surface area contributed by atoms with Crippen LogP contribution in [0.3, 0.4) is 0 Å². The summed E-state index contributed by atoms with van der Waals surface area (Å²) in [7, 11) is 0. The third kappa shape index (κ3) is 12.0. The van der Waals surface area contributed by atoms with Crippen molar-refractivity contribution < 1.29 is 14.4 Å². The monoisotopic (exact) mass is 1340 g/mol. The predicted octanol–water partition coefficient (Wildman–Crippen LogP) is 22.9. The lowest BCUT2D eigenvalue weighted by Crippen LogP contribution is -2.11. The van der Waals surface area contributed by atoms with Crippen molar-refractivity contribution in [1.82, 2.24) is 0 Å². The zero-order valence-corrected chi connectivity index (χ0v) is 58.9. The van der Waals surface area contributed by atoms with Crippen molar-refractivity contribution in [1.29, 1.82) is 0 Å². The molecule has 0 fully saturated rings. The summed E-state index contributed by atoms with van der Waals surface area (Å²) >= 11 is 0. The van der Waals surface area contributed by atoms with Crippen LogP contribution < -0.4 is 0 Å². The van der Waals surface area contributed by atoms with Gasteiger partial charge in [0.25, 0.3) is 0 Å². The average Bonchev–Trinajstić information content (AvgIpc) is 0.743. The molecule has 6 nitrogen and oxygen atoms in total. The molecule has 0 saturated carbocycles. The summed E-state index contributed by atoms with van der Waals surface area (Å²) in [5.74, 6) is 21.1. The Morgan fingerprint density at radius 1 is 0.200 bits per heavy atom. The molecule has 16 aromatic carbocycles. The van der Waals surface area contributed by atoms with E-state index in [9.17, 15) is 16.6 Å². The van der Waals surface area contributed by atoms with Gasteiger partial charge in [0, 0.05) is 33.4 Å². The number of aryl methyl sites for hydroxylation is 6. The van der Waals surface area contributed by atoms with Crippen LogP contribution in [-0.4, -0.2) is 31.5 Å². The molecule has 16 rings (SSSR count). The third-order valence-corrected chi connectivity index (χ3v) is 20.3. The summed E-state index contributed by atoms with van der Waals surface area (Å²) in [5.41, 5.74) is 56.9. The second-order valence-electron chi connectivity index (χ2n) is 27.0. The molecule has 0 heterocycles. The minimum absolute atomic E-state index is 0.488. The average molecular weight is 1340 g/mol. The minimum atomic E-state index is 0.488. The van der Waals surface area contributed by atoms with Crippen LogP contribution in [0.1, 0.15) is 100 Å². The van der Waals surface area contributed by atoms with E-state index in [-0.39, 0.29) is 0 Å². The molecule has 0 bridgehead atoms. The molecular formula is C99H66N6. The number of nitrogens with zero attached hydrogens (tertiary/aromatic N) is 6. The van der Waals surface area contributed by atoms with E-state index in [0.717, 1.165) is 181 Å². The Morgan fingerprint density at radius 2 is 0.362 bits per heavy atom. The second-order valence-corrected chi connectivity index (χ2v) is 27.0. The van der Waals surface area contributed by atoms with E-state index in [1.54, 1.807) is 0 Å². The fourth-order valence-corrected chi connectivity index (χ4v) is 16.1. The molecule has 0 aromatic heterocycles. The van der Waals surface area contributed by atoms with Crippen LogP contribution in [0.15, 0.2) is 291 Å². The van der Waals surface area contributed by atoms with Crippen LogP contribution in [0.2, 0.25) is 0 Å². The van der Waals surface area contributed by atoms with E-state index < -0.39 is 0 Å². The maximum atomic E-state index is 11.2. The van der Waals surface area contributed by atoms with E-state index in [0.29, 0.717) is 33.8 Å². The SMILES string of the molecule is Cc1cc(C#Cc2cc(C#Cc3cc(C)c(C(=[N+]=[N-])c4c5ccccc5c(-c5ccccc5)c5ccccc45)c(C)c3)cc(C#Cc3cc(C)c(C(=[N+]=[N-])c4c5ccccc5c(-c5ccccc5)c5ccccc45)c(C)c3)c2)cc(C)c1C(=[N+]=[N-])c1c2ccccc2c(-c2ccccc2)c2ccccc12. The van der Waals surface area contributed by atoms with E-state index in [1.807, 2.05) is 114 Å². The lowest BCUT2D eigenvalue weighted by molar-refractivity contribution is -0.00310. The second kappa shape index (κ2) is 27.8. The molecule has 492 valence electrons. The summed E-state index contributed by atoms with van der Waals surface area (Å²) in [5, 5.41) is 12.3. The molecule has 0 N–H and O–H groups in total. The van der Waals surface area contributed by atoms with Crippen molar-refractivity contribution in [2.24, 2.45) is 0 Å². The lowest BCUT2D eigenvalue weighted by Gasteiger charge is -2.16. The molecule has 105 heavy (non-hydrogen) atoms. The number of fused-ring (bicyclic) bond motifs is 6. The highest BCUT2D eigenvalue weighted by molar-refractivity contribution is 6.32. The van der Waals surface area contributed by atoms with Crippen LogP contribution in [0.4, 0.5) is 0 Å². The Kier molecular flexibility index (Phi) is 17.3. The molecule has 0 unspecified atom stereocenters. The minimum Gasteiger partial charge on any atom is -0.361 e. The number of rotatable bonds is 9. The standard InChI is InChI=1S/C99H66N6/c1-61-52-67(53-62(2)88(61)97(103-100)94-82-40-22-16-34-76(82)91(73-28-10-7-11-29-73)77-35-17-23-41-83(77)94)46-49-70-58-71(50-47-68-54-63(3)89(64(4)55-68)98(104-101)95-84-42-24-18-36-78(84)92(74-30-12-8-13-31-74)79-37-19-25-43-85(79)95)60-72(59-70)51-48-69-56-65(5)90(66(6)57-69)99(105-102)96-86-44-26-20-38-80(86)93(75-32-14-9-15-33-75)81-39-21-27-45-87(81)96/h7-45,52-60H,1-6H3. The number of hydrogen-bond donors (Lipinski definition) is 0. The first-order valence-corrected chi connectivity index (χ1v) is 35.2. The third-order valence-electron chi connectivity index (χ3n) is 20.3. The van der Waals surface area contributed by atoms with Gasteiger partial charge in [0.15, 0.2) is 0 Å². The van der Waals surface area contributed by atoms with Crippen LogP contribution in [0.25, 0.3) is 115 Å². The molecular weight excluding hydrogens is 1270 g/mol. The molecule has 0 radical (unpaired) electrons. The van der Waals surface area contributed by atoms with Crippen molar-refractivity contribution in [2.75, 3.05) is 0 Å². The zero-order valence-electron chi connectivity index (χ0n) is 58.9. The maximum absolute atomic E-state index is 11.2. The zero-order chi connectivity index (χ0) is 71.8. The van der Waals surface area contributed by atoms with Crippen LogP contribution in [-0.2, 0) is 0 Å². The Morgan fingerprint density at radius 3 is 0.543 bits per heavy atom. The van der Waals surface area contributed by atoms with E-state index in [4.69, 9.17) is 0 Å². The van der Waals surface area contributed by atoms with Gasteiger partial charge in [-0.15, -0.1) is 0 Å². The van der Waals surface area contributed by atoms with Crippen LogP contribution in [0.5, 0.6) is 0 Å². The Balaban J connectivity index is 0.786. The van der Waals surface area contributed by atoms with Gasteiger partial charge < -0.3 is 16.6 Å². The predicted molar refractivity (Wildman–Crippen MR) is 433 cm³/mol. The van der Waals surface area contributed by atoms with Gasteiger partial charge in [-0.05, 0) is 228 Å². The molecule has 0 aliphatic rings. The lowest BCUT2D eigenvalue weighted by atomic mass is 9.83. The first kappa shape index (κ1) is 65.5. The Hall–Kier alpha value is -14.1. The summed E-state index contributed by atoms with van der Waals surface area (Å²) in [4.78, 5) is 12.4. The topological polar surface area (TPSA) is 109 Å². The fourth-order valence-electron chi connectivity index (χ4n) is 16.1. The van der Waals surface area contributed by atoms with Gasteiger partial charge in [0.2, 0.25) is 0 Å². The quantitative estimate of drug-likeness (QED) is 0.0451. The normalized spacial score (nSPS) is 10.9. The summed E-state index contributed by atoms with van der Waals surface area (Å²) in [6.07, 6.45) is 0. The highest BCUT2D eigenvalue weighted by Crippen LogP contribution is 2.45. The largest absolute Gasteiger partial charge is 0.361 e. The first-order chi connectivity index (χ1) is 51.5. The van der Waals surface area contributed by atoms with Gasteiger partial charge in [-0.1, -0.05) is 272 Å². The maximum Gasteiger partial charge on any atom is 0.331 e. The highest BCUT2D eigenvalue weighted by atomic mass is 14.9. The first-order valence-electron chi connectivity index (χ1n) is 35.2. The molecule has 0 atom stereocenters. The van der Waals surface area contributed by atoms with E-state index >= 15 is 0 Å². The summed E-state index contributed by atoms with van der Waals surface area (Å²) < 4.78 is 0. The van der Waals surface area contributed by atoms with Gasteiger partial charge in [0.1, 0.15) is 0 Å². The van der Waals surface area contributed by atoms with Crippen LogP contribution >= 0.6 is 0 Å². The van der Waals surface area contributed by atoms with Gasteiger partial charge >= 0.3 is 17.1 Å². The van der Waals surface area contributed by atoms with Crippen molar-refractivity contribution in [3.05, 3.63) is 408 Å². The van der Waals surface area contributed by atoms with Gasteiger partial charge in [-0.25, -0.2) is 0 Å². The Bertz CT molecular complexity index is 5830.